The van der Waals surface area contributed by atoms with Gasteiger partial charge in [0, 0.05) is 13.0 Å². The van der Waals surface area contributed by atoms with Gasteiger partial charge in [-0.25, -0.2) is 4.79 Å². The van der Waals surface area contributed by atoms with Crippen molar-refractivity contribution in [2.45, 2.75) is 31.7 Å². The quantitative estimate of drug-likeness (QED) is 0.840. The SMILES string of the molecule is O=C(Cc1ccccc1)C(=O)N1CCCCC1C(=O)O. The summed E-state index contributed by atoms with van der Waals surface area (Å²) in [5.41, 5.74) is 0.759. The Labute approximate surface area is 117 Å². The molecule has 0 spiro atoms. The first-order chi connectivity index (χ1) is 9.59. The highest BCUT2D eigenvalue weighted by atomic mass is 16.4. The summed E-state index contributed by atoms with van der Waals surface area (Å²) < 4.78 is 0. The van der Waals surface area contributed by atoms with Crippen molar-refractivity contribution in [2.75, 3.05) is 6.54 Å². The second-order valence-corrected chi connectivity index (χ2v) is 4.93. The van der Waals surface area contributed by atoms with Gasteiger partial charge in [-0.05, 0) is 24.8 Å². The first-order valence-corrected chi connectivity index (χ1v) is 6.70. The van der Waals surface area contributed by atoms with E-state index >= 15 is 0 Å². The van der Waals surface area contributed by atoms with Crippen LogP contribution in [0, 0.1) is 0 Å². The number of amides is 1. The molecule has 1 saturated heterocycles. The molecular weight excluding hydrogens is 258 g/mol. The van der Waals surface area contributed by atoms with Gasteiger partial charge in [0.2, 0.25) is 5.78 Å². The van der Waals surface area contributed by atoms with Gasteiger partial charge >= 0.3 is 5.97 Å². The van der Waals surface area contributed by atoms with Gasteiger partial charge in [-0.15, -0.1) is 0 Å². The molecule has 2 rings (SSSR count). The summed E-state index contributed by atoms with van der Waals surface area (Å²) in [6, 6.07) is 8.12. The lowest BCUT2D eigenvalue weighted by molar-refractivity contribution is -0.155. The molecule has 1 N–H and O–H groups in total. The fourth-order valence-corrected chi connectivity index (χ4v) is 2.45. The van der Waals surface area contributed by atoms with E-state index in [-0.39, 0.29) is 6.42 Å². The third-order valence-electron chi connectivity index (χ3n) is 3.49. The molecule has 1 atom stereocenters. The fourth-order valence-electron chi connectivity index (χ4n) is 2.45. The summed E-state index contributed by atoms with van der Waals surface area (Å²) in [7, 11) is 0. The number of hydrogen-bond acceptors (Lipinski definition) is 3. The van der Waals surface area contributed by atoms with Crippen LogP contribution in [0.1, 0.15) is 24.8 Å². The van der Waals surface area contributed by atoms with Gasteiger partial charge in [0.1, 0.15) is 6.04 Å². The molecule has 5 heteroatoms. The monoisotopic (exact) mass is 275 g/mol. The van der Waals surface area contributed by atoms with E-state index in [0.717, 1.165) is 18.4 Å². The van der Waals surface area contributed by atoms with E-state index in [1.165, 1.54) is 4.90 Å². The largest absolute Gasteiger partial charge is 0.480 e. The smallest absolute Gasteiger partial charge is 0.326 e. The molecule has 106 valence electrons. The van der Waals surface area contributed by atoms with Crippen molar-refractivity contribution in [3.05, 3.63) is 35.9 Å². The first-order valence-electron chi connectivity index (χ1n) is 6.70. The summed E-state index contributed by atoms with van der Waals surface area (Å²) >= 11 is 0. The number of benzene rings is 1. The molecule has 1 aliphatic rings. The summed E-state index contributed by atoms with van der Waals surface area (Å²) in [6.07, 6.45) is 1.95. The molecule has 0 aliphatic carbocycles. The predicted molar refractivity (Wildman–Crippen MR) is 72.1 cm³/mol. The second-order valence-electron chi connectivity index (χ2n) is 4.93. The number of aliphatic carboxylic acids is 1. The minimum absolute atomic E-state index is 0.0164. The molecule has 0 radical (unpaired) electrons. The zero-order valence-corrected chi connectivity index (χ0v) is 11.1. The molecule has 0 saturated carbocycles. The Kier molecular flexibility index (Phi) is 4.50. The van der Waals surface area contributed by atoms with Gasteiger partial charge in [-0.3, -0.25) is 9.59 Å². The average molecular weight is 275 g/mol. The van der Waals surface area contributed by atoms with Crippen LogP contribution in [0.25, 0.3) is 0 Å². The third-order valence-corrected chi connectivity index (χ3v) is 3.49. The molecule has 1 aliphatic heterocycles. The van der Waals surface area contributed by atoms with Crippen molar-refractivity contribution in [3.8, 4) is 0 Å². The number of piperidine rings is 1. The van der Waals surface area contributed by atoms with Gasteiger partial charge in [0.15, 0.2) is 0 Å². The third kappa shape index (κ3) is 3.23. The van der Waals surface area contributed by atoms with Gasteiger partial charge in [-0.1, -0.05) is 30.3 Å². The molecular formula is C15H17NO4. The van der Waals surface area contributed by atoms with E-state index in [4.69, 9.17) is 5.11 Å². The van der Waals surface area contributed by atoms with E-state index in [9.17, 15) is 14.4 Å². The summed E-state index contributed by atoms with van der Waals surface area (Å²) in [4.78, 5) is 36.5. The average Bonchev–Trinajstić information content (AvgIpc) is 2.47. The molecule has 1 amide bonds. The van der Waals surface area contributed by atoms with Gasteiger partial charge in [0.25, 0.3) is 5.91 Å². The minimum atomic E-state index is -1.04. The molecule has 1 aromatic rings. The Morgan fingerprint density at radius 1 is 1.15 bits per heavy atom. The lowest BCUT2D eigenvalue weighted by Crippen LogP contribution is -2.50. The lowest BCUT2D eigenvalue weighted by Gasteiger charge is -2.32. The van der Waals surface area contributed by atoms with Crippen molar-refractivity contribution >= 4 is 17.7 Å². The normalized spacial score (nSPS) is 18.6. The summed E-state index contributed by atoms with van der Waals surface area (Å²) in [5, 5.41) is 9.12. The standard InChI is InChI=1S/C15H17NO4/c17-13(10-11-6-2-1-3-7-11)14(18)16-9-5-4-8-12(16)15(19)20/h1-3,6-7,12H,4-5,8-10H2,(H,19,20). The summed E-state index contributed by atoms with van der Waals surface area (Å²) in [5.74, 6) is -2.27. The van der Waals surface area contributed by atoms with Crippen LogP contribution < -0.4 is 0 Å². The molecule has 1 fully saturated rings. The molecule has 20 heavy (non-hydrogen) atoms. The second kappa shape index (κ2) is 6.32. The molecule has 1 unspecified atom stereocenters. The van der Waals surface area contributed by atoms with E-state index in [1.807, 2.05) is 6.07 Å². The maximum atomic E-state index is 12.1. The molecule has 0 bridgehead atoms. The summed E-state index contributed by atoms with van der Waals surface area (Å²) in [6.45, 7) is 0.344. The number of nitrogens with zero attached hydrogens (tertiary/aromatic N) is 1. The Morgan fingerprint density at radius 3 is 2.50 bits per heavy atom. The number of Topliss-reactive ketones (excluding diaryl/α,β-unsaturated/α-hetero) is 1. The van der Waals surface area contributed by atoms with Crippen LogP contribution in [-0.2, 0) is 20.8 Å². The Balaban J connectivity index is 2.05. The maximum Gasteiger partial charge on any atom is 0.326 e. The van der Waals surface area contributed by atoms with Gasteiger partial charge in [-0.2, -0.15) is 0 Å². The van der Waals surface area contributed by atoms with Crippen LogP contribution in [0.15, 0.2) is 30.3 Å². The van der Waals surface area contributed by atoms with Crippen LogP contribution in [0.2, 0.25) is 0 Å². The number of ketones is 1. The van der Waals surface area contributed by atoms with Crippen molar-refractivity contribution in [2.24, 2.45) is 0 Å². The van der Waals surface area contributed by atoms with Crippen molar-refractivity contribution in [1.82, 2.24) is 4.90 Å². The van der Waals surface area contributed by atoms with E-state index in [0.29, 0.717) is 13.0 Å². The maximum absolute atomic E-state index is 12.1. The predicted octanol–water partition coefficient (Wildman–Crippen LogP) is 1.26. The van der Waals surface area contributed by atoms with Crippen LogP contribution in [0.3, 0.4) is 0 Å². The zero-order chi connectivity index (χ0) is 14.5. The molecule has 5 nitrogen and oxygen atoms in total. The highest BCUT2D eigenvalue weighted by Crippen LogP contribution is 2.18. The topological polar surface area (TPSA) is 74.7 Å². The first kappa shape index (κ1) is 14.2. The van der Waals surface area contributed by atoms with Crippen LogP contribution in [0.4, 0.5) is 0 Å². The van der Waals surface area contributed by atoms with Crippen molar-refractivity contribution in [3.63, 3.8) is 0 Å². The van der Waals surface area contributed by atoms with Crippen LogP contribution in [0.5, 0.6) is 0 Å². The Morgan fingerprint density at radius 2 is 1.85 bits per heavy atom. The Hall–Kier alpha value is -2.17. The minimum Gasteiger partial charge on any atom is -0.480 e. The number of carboxylic acids is 1. The van der Waals surface area contributed by atoms with E-state index in [2.05, 4.69) is 0 Å². The highest BCUT2D eigenvalue weighted by Gasteiger charge is 2.34. The molecule has 1 heterocycles. The zero-order valence-electron chi connectivity index (χ0n) is 11.1. The number of carbonyl (C=O) groups excluding carboxylic acids is 2. The van der Waals surface area contributed by atoms with Crippen LogP contribution >= 0.6 is 0 Å². The number of carboxylic acid groups (broad SMARTS) is 1. The number of likely N-dealkylation sites (tertiary alicyclic amines) is 1. The van der Waals surface area contributed by atoms with Crippen molar-refractivity contribution in [1.29, 1.82) is 0 Å². The van der Waals surface area contributed by atoms with E-state index < -0.39 is 23.7 Å². The highest BCUT2D eigenvalue weighted by molar-refractivity contribution is 6.36. The van der Waals surface area contributed by atoms with E-state index in [1.54, 1.807) is 24.3 Å². The lowest BCUT2D eigenvalue weighted by atomic mass is 10.0. The number of hydrogen-bond donors (Lipinski definition) is 1. The van der Waals surface area contributed by atoms with Crippen LogP contribution in [-0.4, -0.2) is 40.3 Å². The Bertz CT molecular complexity index is 512. The van der Waals surface area contributed by atoms with Gasteiger partial charge < -0.3 is 10.0 Å². The van der Waals surface area contributed by atoms with Gasteiger partial charge in [0.05, 0.1) is 0 Å². The fraction of sp³-hybridized carbons (Fsp3) is 0.400. The van der Waals surface area contributed by atoms with Crippen molar-refractivity contribution < 1.29 is 19.5 Å². The number of rotatable bonds is 4. The molecule has 0 aromatic heterocycles. The number of carbonyl (C=O) groups is 3. The molecule has 1 aromatic carbocycles.